The number of carboxylic acid groups (broad SMARTS) is 1. The van der Waals surface area contributed by atoms with E-state index >= 15 is 0 Å². The molecule has 0 atom stereocenters. The molecule has 3 aromatic rings. The van der Waals surface area contributed by atoms with Gasteiger partial charge in [-0.1, -0.05) is 6.07 Å². The van der Waals surface area contributed by atoms with Crippen LogP contribution >= 0.6 is 0 Å². The third kappa shape index (κ3) is 3.88. The van der Waals surface area contributed by atoms with E-state index in [0.29, 0.717) is 11.4 Å². The van der Waals surface area contributed by atoms with Gasteiger partial charge in [0.2, 0.25) is 11.8 Å². The Morgan fingerprint density at radius 3 is 2.80 bits per heavy atom. The summed E-state index contributed by atoms with van der Waals surface area (Å²) in [4.78, 5) is 33.6. The van der Waals surface area contributed by atoms with Crippen molar-refractivity contribution in [3.05, 3.63) is 48.6 Å². The molecule has 4 N–H and O–H groups in total. The van der Waals surface area contributed by atoms with Gasteiger partial charge in [-0.2, -0.15) is 0 Å². The van der Waals surface area contributed by atoms with Gasteiger partial charge in [-0.3, -0.25) is 10.1 Å². The Balaban J connectivity index is 1.82. The Bertz CT molecular complexity index is 939. The summed E-state index contributed by atoms with van der Waals surface area (Å²) in [6.45, 7) is 0. The molecule has 3 rings (SSSR count). The number of amides is 2. The molecule has 0 saturated heterocycles. The fraction of sp³-hybridized carbons (Fsp3) is 0. The zero-order chi connectivity index (χ0) is 17.8. The maximum absolute atomic E-state index is 11.1. The molecule has 126 valence electrons. The number of benzene rings is 1. The van der Waals surface area contributed by atoms with Crippen molar-refractivity contribution in [2.45, 2.75) is 0 Å². The van der Waals surface area contributed by atoms with E-state index in [-0.39, 0.29) is 23.2 Å². The summed E-state index contributed by atoms with van der Waals surface area (Å²) in [7, 11) is 0. The number of hydrogen-bond donors (Lipinski definition) is 3. The molecule has 2 amide bonds. The zero-order valence-electron chi connectivity index (χ0n) is 12.5. The molecule has 0 aliphatic heterocycles. The van der Waals surface area contributed by atoms with Gasteiger partial charge in [0, 0.05) is 17.8 Å². The molecule has 0 aliphatic rings. The van der Waals surface area contributed by atoms with E-state index in [1.165, 1.54) is 18.5 Å². The topological polar surface area (TPSA) is 153 Å². The van der Waals surface area contributed by atoms with Gasteiger partial charge >= 0.3 is 6.09 Å². The second kappa shape index (κ2) is 6.66. The Labute approximate surface area is 140 Å². The molecular weight excluding hydrogens is 330 g/mol. The van der Waals surface area contributed by atoms with Crippen LogP contribution in [0.4, 0.5) is 10.5 Å². The summed E-state index contributed by atoms with van der Waals surface area (Å²) in [5.74, 6) is -0.0944. The smallest absolute Gasteiger partial charge is 0.409 e. The van der Waals surface area contributed by atoms with Crippen molar-refractivity contribution in [1.29, 1.82) is 0 Å². The van der Waals surface area contributed by atoms with Crippen LogP contribution in [0, 0.1) is 0 Å². The third-order valence-corrected chi connectivity index (χ3v) is 2.93. The number of carbonyl (C=O) groups excluding carboxylic acids is 1. The average Bonchev–Trinajstić information content (AvgIpc) is 3.05. The van der Waals surface area contributed by atoms with Gasteiger partial charge in [-0.25, -0.2) is 19.7 Å². The molecule has 2 aromatic heterocycles. The van der Waals surface area contributed by atoms with Crippen LogP contribution in [0.15, 0.2) is 47.3 Å². The van der Waals surface area contributed by atoms with Crippen molar-refractivity contribution < 1.29 is 23.8 Å². The summed E-state index contributed by atoms with van der Waals surface area (Å²) < 4.78 is 10.7. The van der Waals surface area contributed by atoms with Crippen molar-refractivity contribution in [3.8, 4) is 23.2 Å². The number of nitrogens with zero attached hydrogens (tertiary/aromatic N) is 3. The largest absolute Gasteiger partial charge is 0.465 e. The Hall–Kier alpha value is -3.95. The lowest BCUT2D eigenvalue weighted by molar-refractivity contribution is 0.0995. The second-order valence-electron chi connectivity index (χ2n) is 4.70. The lowest BCUT2D eigenvalue weighted by Crippen LogP contribution is -2.11. The summed E-state index contributed by atoms with van der Waals surface area (Å²) in [5, 5.41) is 10.9. The number of primary amides is 1. The van der Waals surface area contributed by atoms with Crippen molar-refractivity contribution >= 4 is 17.7 Å². The molecule has 0 bridgehead atoms. The number of ether oxygens (including phenoxy) is 1. The van der Waals surface area contributed by atoms with Gasteiger partial charge in [0.05, 0.1) is 0 Å². The standard InChI is InChI=1S/C15H11N5O5/c16-13(21)11-6-24-14(20-11)10-5-12(18-7-17-10)25-9-3-1-2-8(4-9)19-15(22)23/h1-7,19H,(H2,16,21)(H,22,23). The summed E-state index contributed by atoms with van der Waals surface area (Å²) >= 11 is 0. The molecule has 0 radical (unpaired) electrons. The number of aromatic nitrogens is 3. The van der Waals surface area contributed by atoms with Gasteiger partial charge in [0.25, 0.3) is 5.91 Å². The highest BCUT2D eigenvalue weighted by molar-refractivity contribution is 5.90. The lowest BCUT2D eigenvalue weighted by Gasteiger charge is -2.07. The monoisotopic (exact) mass is 341 g/mol. The highest BCUT2D eigenvalue weighted by Gasteiger charge is 2.13. The van der Waals surface area contributed by atoms with E-state index in [4.69, 9.17) is 20.0 Å². The molecule has 2 heterocycles. The maximum atomic E-state index is 11.1. The van der Waals surface area contributed by atoms with Crippen molar-refractivity contribution in [2.24, 2.45) is 5.73 Å². The van der Waals surface area contributed by atoms with E-state index in [2.05, 4.69) is 20.3 Å². The summed E-state index contributed by atoms with van der Waals surface area (Å²) in [6, 6.07) is 7.77. The molecular formula is C15H11N5O5. The van der Waals surface area contributed by atoms with Crippen LogP contribution in [0.5, 0.6) is 11.6 Å². The van der Waals surface area contributed by atoms with Gasteiger partial charge in [0.1, 0.15) is 24.0 Å². The quantitative estimate of drug-likeness (QED) is 0.637. The van der Waals surface area contributed by atoms with Crippen molar-refractivity contribution in [3.63, 3.8) is 0 Å². The van der Waals surface area contributed by atoms with Crippen molar-refractivity contribution in [2.75, 3.05) is 5.32 Å². The average molecular weight is 341 g/mol. The highest BCUT2D eigenvalue weighted by atomic mass is 16.5. The van der Waals surface area contributed by atoms with Crippen LogP contribution in [-0.2, 0) is 0 Å². The number of rotatable bonds is 5. The van der Waals surface area contributed by atoms with Crippen LogP contribution in [0.2, 0.25) is 0 Å². The minimum atomic E-state index is -1.18. The predicted molar refractivity (Wildman–Crippen MR) is 84.2 cm³/mol. The van der Waals surface area contributed by atoms with Crippen LogP contribution in [0.25, 0.3) is 11.6 Å². The molecule has 0 saturated carbocycles. The molecule has 10 nitrogen and oxygen atoms in total. The minimum Gasteiger partial charge on any atom is -0.465 e. The first-order valence-corrected chi connectivity index (χ1v) is 6.87. The third-order valence-electron chi connectivity index (χ3n) is 2.93. The minimum absolute atomic E-state index is 0.0245. The summed E-state index contributed by atoms with van der Waals surface area (Å²) in [6.07, 6.45) is 1.18. The molecule has 25 heavy (non-hydrogen) atoms. The van der Waals surface area contributed by atoms with Crippen LogP contribution < -0.4 is 15.8 Å². The van der Waals surface area contributed by atoms with Gasteiger partial charge in [-0.15, -0.1) is 0 Å². The van der Waals surface area contributed by atoms with E-state index < -0.39 is 12.0 Å². The molecule has 1 aromatic carbocycles. The second-order valence-corrected chi connectivity index (χ2v) is 4.70. The Morgan fingerprint density at radius 2 is 2.08 bits per heavy atom. The summed E-state index contributed by atoms with van der Waals surface area (Å²) in [5.41, 5.74) is 5.73. The van der Waals surface area contributed by atoms with E-state index in [1.807, 2.05) is 0 Å². The van der Waals surface area contributed by atoms with Crippen LogP contribution in [0.1, 0.15) is 10.5 Å². The Morgan fingerprint density at radius 1 is 1.24 bits per heavy atom. The fourth-order valence-corrected chi connectivity index (χ4v) is 1.90. The van der Waals surface area contributed by atoms with Crippen LogP contribution in [-0.4, -0.2) is 32.1 Å². The van der Waals surface area contributed by atoms with Gasteiger partial charge in [0.15, 0.2) is 5.69 Å². The highest BCUT2D eigenvalue weighted by Crippen LogP contribution is 2.25. The first kappa shape index (κ1) is 15.9. The maximum Gasteiger partial charge on any atom is 0.409 e. The Kier molecular flexibility index (Phi) is 4.24. The SMILES string of the molecule is NC(=O)c1coc(-c2cc(Oc3cccc(NC(=O)O)c3)ncn2)n1. The first-order chi connectivity index (χ1) is 12.0. The van der Waals surface area contributed by atoms with E-state index in [9.17, 15) is 9.59 Å². The van der Waals surface area contributed by atoms with Gasteiger partial charge < -0.3 is 20.0 Å². The number of oxazole rings is 1. The first-order valence-electron chi connectivity index (χ1n) is 6.87. The number of anilines is 1. The number of nitrogens with two attached hydrogens (primary N) is 1. The van der Waals surface area contributed by atoms with Crippen LogP contribution in [0.3, 0.4) is 0 Å². The van der Waals surface area contributed by atoms with E-state index in [1.54, 1.807) is 18.2 Å². The fourth-order valence-electron chi connectivity index (χ4n) is 1.90. The van der Waals surface area contributed by atoms with E-state index in [0.717, 1.165) is 6.26 Å². The molecule has 0 fully saturated rings. The zero-order valence-corrected chi connectivity index (χ0v) is 12.5. The molecule has 10 heteroatoms. The number of nitrogens with one attached hydrogen (secondary N) is 1. The predicted octanol–water partition coefficient (Wildman–Crippen LogP) is 2.11. The number of hydrogen-bond acceptors (Lipinski definition) is 7. The molecule has 0 spiro atoms. The molecule has 0 unspecified atom stereocenters. The lowest BCUT2D eigenvalue weighted by atomic mass is 10.3. The normalized spacial score (nSPS) is 10.2. The van der Waals surface area contributed by atoms with Gasteiger partial charge in [-0.05, 0) is 12.1 Å². The number of carbonyl (C=O) groups is 2. The molecule has 0 aliphatic carbocycles. The van der Waals surface area contributed by atoms with Crippen molar-refractivity contribution in [1.82, 2.24) is 15.0 Å².